The van der Waals surface area contributed by atoms with Gasteiger partial charge in [0.25, 0.3) is 0 Å². The first-order valence-electron chi connectivity index (χ1n) is 13.8. The quantitative estimate of drug-likeness (QED) is 0.123. The molecule has 0 spiro atoms. The van der Waals surface area contributed by atoms with Gasteiger partial charge in [0.2, 0.25) is 0 Å². The topological polar surface area (TPSA) is 110 Å². The lowest BCUT2D eigenvalue weighted by molar-refractivity contribution is 0.0450. The van der Waals surface area contributed by atoms with Crippen molar-refractivity contribution in [1.29, 1.82) is 0 Å². The van der Waals surface area contributed by atoms with Crippen molar-refractivity contribution in [3.8, 4) is 0 Å². The highest BCUT2D eigenvalue weighted by atomic mass is 16.5. The van der Waals surface area contributed by atoms with E-state index in [1.165, 1.54) is 77.0 Å². The highest BCUT2D eigenvalue weighted by Crippen LogP contribution is 2.12. The summed E-state index contributed by atoms with van der Waals surface area (Å²) >= 11 is 0. The molecule has 0 aromatic carbocycles. The van der Waals surface area contributed by atoms with Crippen LogP contribution in [0.2, 0.25) is 0 Å². The van der Waals surface area contributed by atoms with Crippen LogP contribution >= 0.6 is 0 Å². The molecule has 6 heteroatoms. The summed E-state index contributed by atoms with van der Waals surface area (Å²) in [5.74, 6) is 0. The van der Waals surface area contributed by atoms with Crippen LogP contribution in [-0.2, 0) is 4.74 Å². The number of aliphatic hydroxyl groups is 5. The van der Waals surface area contributed by atoms with Gasteiger partial charge in [-0.15, -0.1) is 0 Å². The Morgan fingerprint density at radius 2 is 0.788 bits per heavy atom. The molecular weight excluding hydrogens is 420 g/mol. The fourth-order valence-electron chi connectivity index (χ4n) is 3.56. The molecule has 0 saturated heterocycles. The molecule has 0 aromatic rings. The zero-order valence-corrected chi connectivity index (χ0v) is 21.9. The first kappa shape index (κ1) is 34.9. The maximum atomic E-state index is 9.99. The minimum atomic E-state index is -0.954. The molecule has 202 valence electrons. The molecule has 0 aliphatic carbocycles. The Balaban J connectivity index is 0. The Bertz CT molecular complexity index is 313. The van der Waals surface area contributed by atoms with Crippen LogP contribution in [0.25, 0.3) is 0 Å². The average molecular weight is 479 g/mol. The van der Waals surface area contributed by atoms with E-state index in [4.69, 9.17) is 20.1 Å². The molecule has 5 N–H and O–H groups in total. The monoisotopic (exact) mass is 478 g/mol. The van der Waals surface area contributed by atoms with E-state index in [0.717, 1.165) is 38.5 Å². The number of aliphatic hydroxyl groups excluding tert-OH is 5. The van der Waals surface area contributed by atoms with Crippen LogP contribution in [0.1, 0.15) is 129 Å². The van der Waals surface area contributed by atoms with Crippen molar-refractivity contribution in [2.45, 2.75) is 148 Å². The summed E-state index contributed by atoms with van der Waals surface area (Å²) < 4.78 is 5.60. The summed E-state index contributed by atoms with van der Waals surface area (Å²) in [5.41, 5.74) is 0. The van der Waals surface area contributed by atoms with Gasteiger partial charge in [0.15, 0.2) is 0 Å². The Labute approximate surface area is 204 Å². The third kappa shape index (κ3) is 31.8. The summed E-state index contributed by atoms with van der Waals surface area (Å²) in [6.45, 7) is 4.99. The van der Waals surface area contributed by atoms with Crippen LogP contribution in [0, 0.1) is 0 Å². The second kappa shape index (κ2) is 29.8. The van der Waals surface area contributed by atoms with Crippen molar-refractivity contribution >= 4 is 0 Å². The zero-order chi connectivity index (χ0) is 25.0. The van der Waals surface area contributed by atoms with Gasteiger partial charge in [0, 0.05) is 13.2 Å². The van der Waals surface area contributed by atoms with Crippen LogP contribution in [0.15, 0.2) is 0 Å². The molecule has 0 amide bonds. The van der Waals surface area contributed by atoms with Gasteiger partial charge < -0.3 is 30.3 Å². The third-order valence-corrected chi connectivity index (χ3v) is 5.89. The van der Waals surface area contributed by atoms with Crippen molar-refractivity contribution in [2.75, 3.05) is 26.4 Å². The van der Waals surface area contributed by atoms with E-state index in [1.807, 2.05) is 0 Å². The average Bonchev–Trinajstić information content (AvgIpc) is 2.82. The number of ether oxygens (including phenoxy) is 1. The van der Waals surface area contributed by atoms with Crippen molar-refractivity contribution in [2.24, 2.45) is 0 Å². The van der Waals surface area contributed by atoms with Gasteiger partial charge in [-0.05, 0) is 25.7 Å². The lowest BCUT2D eigenvalue weighted by Gasteiger charge is -2.13. The molecule has 0 aromatic heterocycles. The first-order valence-corrected chi connectivity index (χ1v) is 13.8. The van der Waals surface area contributed by atoms with Crippen molar-refractivity contribution in [3.63, 3.8) is 0 Å². The molecule has 0 bridgehead atoms. The van der Waals surface area contributed by atoms with Crippen LogP contribution in [0.5, 0.6) is 0 Å². The standard InChI is InChI=1S/C24H50O3.C3H8O3/c1-3-5-7-9-11-13-15-17-23(25)19-21-27-22-20-24(26)18-16-14-12-10-8-6-4-2;4-1-3(6)2-5/h23-26H,3-22H2,1-2H3;3-6H,1-2H2. The molecule has 6 nitrogen and oxygen atoms in total. The number of hydrogen-bond donors (Lipinski definition) is 5. The molecule has 0 rings (SSSR count). The molecule has 0 aliphatic rings. The minimum absolute atomic E-state index is 0.224. The zero-order valence-electron chi connectivity index (χ0n) is 21.9. The lowest BCUT2D eigenvalue weighted by atomic mass is 10.0. The van der Waals surface area contributed by atoms with Gasteiger partial charge in [-0.1, -0.05) is 104 Å². The smallest absolute Gasteiger partial charge is 0.100 e. The van der Waals surface area contributed by atoms with Gasteiger partial charge in [-0.3, -0.25) is 0 Å². The summed E-state index contributed by atoms with van der Waals surface area (Å²) in [7, 11) is 0. The van der Waals surface area contributed by atoms with E-state index in [1.54, 1.807) is 0 Å². The minimum Gasteiger partial charge on any atom is -0.394 e. The molecular formula is C27H58O6. The molecule has 33 heavy (non-hydrogen) atoms. The van der Waals surface area contributed by atoms with Crippen molar-refractivity contribution < 1.29 is 30.3 Å². The lowest BCUT2D eigenvalue weighted by Crippen LogP contribution is -2.15. The van der Waals surface area contributed by atoms with E-state index >= 15 is 0 Å². The van der Waals surface area contributed by atoms with Gasteiger partial charge >= 0.3 is 0 Å². The van der Waals surface area contributed by atoms with Crippen LogP contribution in [-0.4, -0.2) is 70.3 Å². The summed E-state index contributed by atoms with van der Waals surface area (Å²) in [6, 6.07) is 0. The maximum absolute atomic E-state index is 9.99. The predicted octanol–water partition coefficient (Wildman–Crippen LogP) is 5.12. The molecule has 0 aliphatic heterocycles. The first-order chi connectivity index (χ1) is 16.0. The summed E-state index contributed by atoms with van der Waals surface area (Å²) in [5, 5.41) is 44.0. The molecule has 2 atom stereocenters. The Kier molecular flexibility index (Phi) is 31.5. The Morgan fingerprint density at radius 1 is 0.455 bits per heavy atom. The Hall–Kier alpha value is -0.240. The van der Waals surface area contributed by atoms with Gasteiger partial charge in [0.1, 0.15) is 6.10 Å². The molecule has 0 fully saturated rings. The van der Waals surface area contributed by atoms with Crippen LogP contribution in [0.4, 0.5) is 0 Å². The fourth-order valence-corrected chi connectivity index (χ4v) is 3.56. The largest absolute Gasteiger partial charge is 0.394 e. The molecule has 0 radical (unpaired) electrons. The van der Waals surface area contributed by atoms with Crippen molar-refractivity contribution in [1.82, 2.24) is 0 Å². The number of hydrogen-bond acceptors (Lipinski definition) is 6. The third-order valence-electron chi connectivity index (χ3n) is 5.89. The van der Waals surface area contributed by atoms with Crippen LogP contribution in [0.3, 0.4) is 0 Å². The normalized spacial score (nSPS) is 13.1. The van der Waals surface area contributed by atoms with Gasteiger partial charge in [0.05, 0.1) is 25.4 Å². The maximum Gasteiger partial charge on any atom is 0.100 e. The highest BCUT2D eigenvalue weighted by Gasteiger charge is 2.06. The van der Waals surface area contributed by atoms with Crippen LogP contribution < -0.4 is 0 Å². The van der Waals surface area contributed by atoms with Gasteiger partial charge in [-0.2, -0.15) is 0 Å². The number of rotatable bonds is 24. The number of unbranched alkanes of at least 4 members (excludes halogenated alkanes) is 12. The van der Waals surface area contributed by atoms with Gasteiger partial charge in [-0.25, -0.2) is 0 Å². The second-order valence-corrected chi connectivity index (χ2v) is 9.34. The molecule has 2 unspecified atom stereocenters. The van der Waals surface area contributed by atoms with Crippen molar-refractivity contribution in [3.05, 3.63) is 0 Å². The fraction of sp³-hybridized carbons (Fsp3) is 1.00. The molecule has 0 saturated carbocycles. The Morgan fingerprint density at radius 3 is 1.09 bits per heavy atom. The summed E-state index contributed by atoms with van der Waals surface area (Å²) in [6.07, 6.45) is 19.9. The van der Waals surface area contributed by atoms with E-state index in [9.17, 15) is 10.2 Å². The predicted molar refractivity (Wildman–Crippen MR) is 137 cm³/mol. The van der Waals surface area contributed by atoms with E-state index < -0.39 is 6.10 Å². The highest BCUT2D eigenvalue weighted by molar-refractivity contribution is 4.58. The van der Waals surface area contributed by atoms with E-state index in [-0.39, 0.29) is 25.4 Å². The van der Waals surface area contributed by atoms with E-state index in [2.05, 4.69) is 13.8 Å². The summed E-state index contributed by atoms with van der Waals surface area (Å²) in [4.78, 5) is 0. The second-order valence-electron chi connectivity index (χ2n) is 9.34. The molecule has 0 heterocycles. The van der Waals surface area contributed by atoms with E-state index in [0.29, 0.717) is 13.2 Å². The SMILES string of the molecule is CCCCCCCCCC(O)CCOCCC(O)CCCCCCCCC.OCC(O)CO.